The summed E-state index contributed by atoms with van der Waals surface area (Å²) in [5.74, 6) is 1.74. The average Bonchev–Trinajstić information content (AvgIpc) is 2.14. The maximum absolute atomic E-state index is 11.2. The van der Waals surface area contributed by atoms with E-state index in [1.165, 1.54) is 0 Å². The van der Waals surface area contributed by atoms with Crippen LogP contribution in [0.4, 0.5) is 0 Å². The molecule has 14 heavy (non-hydrogen) atoms. The Kier molecular flexibility index (Phi) is 6.12. The van der Waals surface area contributed by atoms with Crippen molar-refractivity contribution < 1.29 is 18.3 Å². The van der Waals surface area contributed by atoms with E-state index in [2.05, 4.69) is 10.7 Å². The number of ether oxygens (including phenoxy) is 1. The maximum Gasteiger partial charge on any atom is 0.152 e. The highest BCUT2D eigenvalue weighted by Crippen LogP contribution is 1.95. The fourth-order valence-corrected chi connectivity index (χ4v) is 1.77. The number of aliphatic hydroxyl groups excluding tert-OH is 1. The van der Waals surface area contributed by atoms with Gasteiger partial charge in [-0.25, -0.2) is 8.42 Å². The van der Waals surface area contributed by atoms with Gasteiger partial charge in [0.15, 0.2) is 9.84 Å². The van der Waals surface area contributed by atoms with Crippen molar-refractivity contribution in [2.75, 3.05) is 24.9 Å². The molecule has 0 aromatic rings. The summed E-state index contributed by atoms with van der Waals surface area (Å²) >= 11 is 0. The monoisotopic (exact) mass is 219 g/mol. The van der Waals surface area contributed by atoms with Crippen molar-refractivity contribution in [3.05, 3.63) is 0 Å². The lowest BCUT2D eigenvalue weighted by Crippen LogP contribution is -2.17. The lowest BCUT2D eigenvalue weighted by molar-refractivity contribution is 0.00632. The molecule has 0 rings (SSSR count). The van der Waals surface area contributed by atoms with Crippen molar-refractivity contribution >= 4 is 15.5 Å². The van der Waals surface area contributed by atoms with Gasteiger partial charge in [0.2, 0.25) is 0 Å². The van der Waals surface area contributed by atoms with E-state index >= 15 is 0 Å². The number of hydrogen-bond donors (Lipinski definition) is 2. The molecule has 2 N–H and O–H groups in total. The van der Waals surface area contributed by atoms with Gasteiger partial charge in [-0.15, -0.1) is 6.42 Å². The van der Waals surface area contributed by atoms with E-state index in [1.54, 1.807) is 0 Å². The van der Waals surface area contributed by atoms with Crippen LogP contribution in [0.3, 0.4) is 0 Å². The van der Waals surface area contributed by atoms with E-state index < -0.39 is 16.6 Å². The quantitative estimate of drug-likeness (QED) is 0.259. The van der Waals surface area contributed by atoms with Crippen molar-refractivity contribution in [3.8, 4) is 12.3 Å². The topological polar surface area (TPSA) is 87.5 Å². The van der Waals surface area contributed by atoms with Crippen LogP contribution in [0.15, 0.2) is 0 Å². The third-order valence-electron chi connectivity index (χ3n) is 1.47. The molecule has 0 saturated carbocycles. The molecule has 0 spiro atoms. The zero-order valence-electron chi connectivity index (χ0n) is 7.69. The van der Waals surface area contributed by atoms with Gasteiger partial charge >= 0.3 is 0 Å². The van der Waals surface area contributed by atoms with Crippen molar-refractivity contribution in [3.63, 3.8) is 0 Å². The fraction of sp³-hybridized carbons (Fsp3) is 0.625. The van der Waals surface area contributed by atoms with E-state index in [1.807, 2.05) is 0 Å². The smallest absolute Gasteiger partial charge is 0.152 e. The second-order valence-electron chi connectivity index (χ2n) is 2.56. The summed E-state index contributed by atoms with van der Waals surface area (Å²) < 4.78 is 26.9. The van der Waals surface area contributed by atoms with Gasteiger partial charge in [-0.3, -0.25) is 5.41 Å². The van der Waals surface area contributed by atoms with Crippen LogP contribution < -0.4 is 0 Å². The SMILES string of the molecule is C#CC(=N)CCS(=O)(=O)CCOCO. The molecule has 6 heteroatoms. The molecule has 0 bridgehead atoms. The highest BCUT2D eigenvalue weighted by atomic mass is 32.2. The highest BCUT2D eigenvalue weighted by molar-refractivity contribution is 7.91. The first-order chi connectivity index (χ1) is 6.52. The molecule has 0 aliphatic carbocycles. The highest BCUT2D eigenvalue weighted by Gasteiger charge is 2.11. The number of sulfone groups is 1. The summed E-state index contributed by atoms with van der Waals surface area (Å²) in [4.78, 5) is 0. The van der Waals surface area contributed by atoms with Crippen LogP contribution in [0.25, 0.3) is 0 Å². The molecule has 0 saturated heterocycles. The molecule has 0 radical (unpaired) electrons. The Balaban J connectivity index is 3.86. The number of terminal acetylenes is 1. The van der Waals surface area contributed by atoms with Crippen LogP contribution >= 0.6 is 0 Å². The summed E-state index contributed by atoms with van der Waals surface area (Å²) in [6.45, 7) is -0.530. The van der Waals surface area contributed by atoms with Crippen LogP contribution in [0.1, 0.15) is 6.42 Å². The Morgan fingerprint density at radius 3 is 2.64 bits per heavy atom. The van der Waals surface area contributed by atoms with Crippen LogP contribution in [-0.4, -0.2) is 44.1 Å². The van der Waals surface area contributed by atoms with Crippen molar-refractivity contribution in [1.29, 1.82) is 5.41 Å². The van der Waals surface area contributed by atoms with Gasteiger partial charge in [-0.1, -0.05) is 5.92 Å². The standard InChI is InChI=1S/C8H13NO4S/c1-2-8(9)3-5-14(11,12)6-4-13-7-10/h1,9-10H,3-7H2. The largest absolute Gasteiger partial charge is 0.371 e. The molecule has 0 fully saturated rings. The Labute approximate surface area is 83.5 Å². The number of aliphatic hydroxyl groups is 1. The first kappa shape index (κ1) is 13.1. The number of nitrogens with one attached hydrogen (secondary N) is 1. The van der Waals surface area contributed by atoms with Crippen LogP contribution in [0.2, 0.25) is 0 Å². The van der Waals surface area contributed by atoms with E-state index in [-0.39, 0.29) is 30.2 Å². The molecule has 0 aliphatic heterocycles. The molecule has 0 atom stereocenters. The Bertz CT molecular complexity index is 315. The minimum atomic E-state index is -3.23. The van der Waals surface area contributed by atoms with E-state index in [9.17, 15) is 8.42 Å². The third kappa shape index (κ3) is 6.60. The Hall–Kier alpha value is -0.900. The number of rotatable bonds is 7. The number of hydrogen-bond acceptors (Lipinski definition) is 5. The predicted octanol–water partition coefficient (Wildman–Crippen LogP) is -0.589. The lowest BCUT2D eigenvalue weighted by Gasteiger charge is -2.02. The molecular weight excluding hydrogens is 206 g/mol. The van der Waals surface area contributed by atoms with Gasteiger partial charge in [-0.2, -0.15) is 0 Å². The normalized spacial score (nSPS) is 10.9. The van der Waals surface area contributed by atoms with E-state index in [0.717, 1.165) is 0 Å². The van der Waals surface area contributed by atoms with E-state index in [0.29, 0.717) is 0 Å². The summed E-state index contributed by atoms with van der Waals surface area (Å²) in [5, 5.41) is 15.3. The Morgan fingerprint density at radius 1 is 1.50 bits per heavy atom. The van der Waals surface area contributed by atoms with Crippen molar-refractivity contribution in [2.24, 2.45) is 0 Å². The van der Waals surface area contributed by atoms with Gasteiger partial charge in [0.25, 0.3) is 0 Å². The predicted molar refractivity (Wildman–Crippen MR) is 52.9 cm³/mol. The summed E-state index contributed by atoms with van der Waals surface area (Å²) in [5.41, 5.74) is -0.0309. The summed E-state index contributed by atoms with van der Waals surface area (Å²) in [6, 6.07) is 0. The van der Waals surface area contributed by atoms with Gasteiger partial charge < -0.3 is 9.84 Å². The first-order valence-corrected chi connectivity index (χ1v) is 5.77. The van der Waals surface area contributed by atoms with Crippen LogP contribution in [-0.2, 0) is 14.6 Å². The van der Waals surface area contributed by atoms with Crippen molar-refractivity contribution in [2.45, 2.75) is 6.42 Å². The molecule has 0 amide bonds. The fourth-order valence-electron chi connectivity index (χ4n) is 0.682. The minimum Gasteiger partial charge on any atom is -0.371 e. The van der Waals surface area contributed by atoms with E-state index in [4.69, 9.17) is 16.9 Å². The average molecular weight is 219 g/mol. The van der Waals surface area contributed by atoms with Crippen molar-refractivity contribution in [1.82, 2.24) is 0 Å². The lowest BCUT2D eigenvalue weighted by atomic mass is 10.3. The zero-order chi connectivity index (χ0) is 11.0. The molecular formula is C8H13NO4S. The summed E-state index contributed by atoms with van der Waals surface area (Å²) in [7, 11) is -3.23. The molecule has 80 valence electrons. The van der Waals surface area contributed by atoms with Crippen LogP contribution in [0.5, 0.6) is 0 Å². The molecule has 0 aliphatic rings. The molecule has 0 aromatic carbocycles. The first-order valence-electron chi connectivity index (χ1n) is 3.95. The van der Waals surface area contributed by atoms with Gasteiger partial charge in [0.05, 0.1) is 23.8 Å². The zero-order valence-corrected chi connectivity index (χ0v) is 8.51. The van der Waals surface area contributed by atoms with Crippen LogP contribution in [0, 0.1) is 17.8 Å². The van der Waals surface area contributed by atoms with Gasteiger partial charge in [0.1, 0.15) is 6.79 Å². The Morgan fingerprint density at radius 2 is 2.14 bits per heavy atom. The third-order valence-corrected chi connectivity index (χ3v) is 3.08. The van der Waals surface area contributed by atoms with Gasteiger partial charge in [0, 0.05) is 6.42 Å². The van der Waals surface area contributed by atoms with Gasteiger partial charge in [-0.05, 0) is 0 Å². The summed E-state index contributed by atoms with van der Waals surface area (Å²) in [6.07, 6.45) is 4.95. The maximum atomic E-state index is 11.2. The second kappa shape index (κ2) is 6.54. The molecule has 0 aromatic heterocycles. The molecule has 0 heterocycles. The second-order valence-corrected chi connectivity index (χ2v) is 4.87. The molecule has 0 unspecified atom stereocenters. The molecule has 5 nitrogen and oxygen atoms in total. The minimum absolute atomic E-state index is 0.0309.